The molecule has 1 heterocycles. The van der Waals surface area contributed by atoms with Gasteiger partial charge in [-0.05, 0) is 37.3 Å². The highest BCUT2D eigenvalue weighted by Gasteiger charge is 2.17. The highest BCUT2D eigenvalue weighted by molar-refractivity contribution is 5.84. The number of nitrogens with two attached hydrogens (primary N) is 1. The van der Waals surface area contributed by atoms with Gasteiger partial charge < -0.3 is 11.1 Å². The van der Waals surface area contributed by atoms with Crippen molar-refractivity contribution >= 4 is 11.6 Å². The first-order chi connectivity index (χ1) is 9.06. The SMILES string of the molecule is Cc1ccc(C(Nc2ccc(F)cc2)C(N)=O)cn1. The summed E-state index contributed by atoms with van der Waals surface area (Å²) >= 11 is 0. The molecule has 0 aliphatic rings. The van der Waals surface area contributed by atoms with E-state index in [-0.39, 0.29) is 5.82 Å². The Labute approximate surface area is 110 Å². The molecule has 0 radical (unpaired) electrons. The van der Waals surface area contributed by atoms with Gasteiger partial charge in [-0.2, -0.15) is 0 Å². The van der Waals surface area contributed by atoms with Crippen molar-refractivity contribution in [1.82, 2.24) is 4.98 Å². The highest BCUT2D eigenvalue weighted by Crippen LogP contribution is 2.19. The molecular formula is C14H14FN3O. The van der Waals surface area contributed by atoms with Crippen molar-refractivity contribution in [2.24, 2.45) is 5.73 Å². The molecule has 3 N–H and O–H groups in total. The van der Waals surface area contributed by atoms with Crippen LogP contribution >= 0.6 is 0 Å². The number of aromatic nitrogens is 1. The van der Waals surface area contributed by atoms with Crippen LogP contribution in [0.5, 0.6) is 0 Å². The second-order valence-corrected chi connectivity index (χ2v) is 4.22. The maximum absolute atomic E-state index is 12.8. The van der Waals surface area contributed by atoms with Crippen LogP contribution in [0.25, 0.3) is 0 Å². The molecule has 4 nitrogen and oxygen atoms in total. The van der Waals surface area contributed by atoms with Crippen molar-refractivity contribution in [2.45, 2.75) is 13.0 Å². The first-order valence-electron chi connectivity index (χ1n) is 5.80. The van der Waals surface area contributed by atoms with Gasteiger partial charge in [-0.3, -0.25) is 9.78 Å². The van der Waals surface area contributed by atoms with Crippen molar-refractivity contribution in [3.05, 3.63) is 59.7 Å². The summed E-state index contributed by atoms with van der Waals surface area (Å²) in [4.78, 5) is 15.6. The number of rotatable bonds is 4. The summed E-state index contributed by atoms with van der Waals surface area (Å²) < 4.78 is 12.8. The molecule has 5 heteroatoms. The van der Waals surface area contributed by atoms with Gasteiger partial charge in [0.25, 0.3) is 0 Å². The number of hydrogen-bond donors (Lipinski definition) is 2. The fourth-order valence-corrected chi connectivity index (χ4v) is 1.68. The van der Waals surface area contributed by atoms with Crippen molar-refractivity contribution in [3.8, 4) is 0 Å². The van der Waals surface area contributed by atoms with E-state index in [1.807, 2.05) is 6.92 Å². The largest absolute Gasteiger partial charge is 0.370 e. The molecular weight excluding hydrogens is 245 g/mol. The number of primary amides is 1. The average Bonchev–Trinajstić information content (AvgIpc) is 2.39. The van der Waals surface area contributed by atoms with Crippen molar-refractivity contribution < 1.29 is 9.18 Å². The molecule has 98 valence electrons. The summed E-state index contributed by atoms with van der Waals surface area (Å²) in [5.74, 6) is -0.854. The third-order valence-electron chi connectivity index (χ3n) is 2.71. The van der Waals surface area contributed by atoms with E-state index in [1.54, 1.807) is 30.5 Å². The standard InChI is InChI=1S/C14H14FN3O/c1-9-2-3-10(8-17-9)13(14(16)19)18-12-6-4-11(15)5-7-12/h2-8,13,18H,1H3,(H2,16,19). The number of pyridine rings is 1. The summed E-state index contributed by atoms with van der Waals surface area (Å²) in [5.41, 5.74) is 7.52. The van der Waals surface area contributed by atoms with E-state index >= 15 is 0 Å². The van der Waals surface area contributed by atoms with E-state index in [9.17, 15) is 9.18 Å². The molecule has 0 bridgehead atoms. The molecule has 19 heavy (non-hydrogen) atoms. The van der Waals surface area contributed by atoms with Gasteiger partial charge in [-0.1, -0.05) is 6.07 Å². The first kappa shape index (κ1) is 13.0. The lowest BCUT2D eigenvalue weighted by Crippen LogP contribution is -2.27. The van der Waals surface area contributed by atoms with Gasteiger partial charge in [-0.15, -0.1) is 0 Å². The van der Waals surface area contributed by atoms with Crippen LogP contribution in [-0.2, 0) is 4.79 Å². The van der Waals surface area contributed by atoms with E-state index in [0.717, 1.165) is 5.69 Å². The van der Waals surface area contributed by atoms with E-state index in [0.29, 0.717) is 11.3 Å². The van der Waals surface area contributed by atoms with Crippen LogP contribution in [0.4, 0.5) is 10.1 Å². The first-order valence-corrected chi connectivity index (χ1v) is 5.80. The second-order valence-electron chi connectivity index (χ2n) is 4.22. The molecule has 0 saturated carbocycles. The van der Waals surface area contributed by atoms with E-state index in [4.69, 9.17) is 5.73 Å². The molecule has 1 atom stereocenters. The number of hydrogen-bond acceptors (Lipinski definition) is 3. The molecule has 1 unspecified atom stereocenters. The maximum atomic E-state index is 12.8. The minimum Gasteiger partial charge on any atom is -0.370 e. The van der Waals surface area contributed by atoms with Gasteiger partial charge in [0, 0.05) is 23.1 Å². The molecule has 2 rings (SSSR count). The fraction of sp³-hybridized carbons (Fsp3) is 0.143. The Kier molecular flexibility index (Phi) is 3.75. The second kappa shape index (κ2) is 5.48. The molecule has 0 aliphatic carbocycles. The zero-order valence-corrected chi connectivity index (χ0v) is 10.4. The van der Waals surface area contributed by atoms with E-state index in [1.165, 1.54) is 12.1 Å². The normalized spacial score (nSPS) is 11.9. The van der Waals surface area contributed by atoms with Crippen molar-refractivity contribution in [3.63, 3.8) is 0 Å². The van der Waals surface area contributed by atoms with Crippen LogP contribution in [0.15, 0.2) is 42.6 Å². The molecule has 0 fully saturated rings. The topological polar surface area (TPSA) is 68.0 Å². The Morgan fingerprint density at radius 2 is 1.95 bits per heavy atom. The Morgan fingerprint density at radius 3 is 2.47 bits per heavy atom. The number of nitrogens with zero attached hydrogens (tertiary/aromatic N) is 1. The minimum absolute atomic E-state index is 0.335. The number of anilines is 1. The van der Waals surface area contributed by atoms with Crippen molar-refractivity contribution in [1.29, 1.82) is 0 Å². The summed E-state index contributed by atoms with van der Waals surface area (Å²) in [7, 11) is 0. The number of halogens is 1. The van der Waals surface area contributed by atoms with Gasteiger partial charge in [0.2, 0.25) is 5.91 Å². The quantitative estimate of drug-likeness (QED) is 0.884. The van der Waals surface area contributed by atoms with Crippen LogP contribution < -0.4 is 11.1 Å². The Hall–Kier alpha value is -2.43. The van der Waals surface area contributed by atoms with Crippen LogP contribution in [-0.4, -0.2) is 10.9 Å². The summed E-state index contributed by atoms with van der Waals surface area (Å²) in [6, 6.07) is 8.62. The smallest absolute Gasteiger partial charge is 0.244 e. The van der Waals surface area contributed by atoms with Crippen molar-refractivity contribution in [2.75, 3.05) is 5.32 Å². The Bertz CT molecular complexity index is 566. The minimum atomic E-state index is -0.696. The molecule has 1 aromatic carbocycles. The monoisotopic (exact) mass is 259 g/mol. The van der Waals surface area contributed by atoms with Crippen LogP contribution in [0, 0.1) is 12.7 Å². The van der Waals surface area contributed by atoms with Gasteiger partial charge in [0.1, 0.15) is 11.9 Å². The summed E-state index contributed by atoms with van der Waals surface area (Å²) in [6.45, 7) is 1.86. The zero-order chi connectivity index (χ0) is 13.8. The van der Waals surface area contributed by atoms with Gasteiger partial charge >= 0.3 is 0 Å². The lowest BCUT2D eigenvalue weighted by molar-refractivity contribution is -0.118. The average molecular weight is 259 g/mol. The highest BCUT2D eigenvalue weighted by atomic mass is 19.1. The number of carbonyl (C=O) groups excluding carboxylic acids is 1. The van der Waals surface area contributed by atoms with E-state index in [2.05, 4.69) is 10.3 Å². The van der Waals surface area contributed by atoms with Gasteiger partial charge in [-0.25, -0.2) is 4.39 Å². The van der Waals surface area contributed by atoms with E-state index < -0.39 is 11.9 Å². The van der Waals surface area contributed by atoms with Crippen LogP contribution in [0.1, 0.15) is 17.3 Å². The number of benzene rings is 1. The number of nitrogens with one attached hydrogen (secondary N) is 1. The summed E-state index contributed by atoms with van der Waals surface area (Å²) in [5, 5.41) is 2.96. The number of aryl methyl sites for hydroxylation is 1. The third kappa shape index (κ3) is 3.28. The predicted octanol–water partition coefficient (Wildman–Crippen LogP) is 2.17. The molecule has 0 saturated heterocycles. The fourth-order valence-electron chi connectivity index (χ4n) is 1.68. The predicted molar refractivity (Wildman–Crippen MR) is 70.9 cm³/mol. The Balaban J connectivity index is 2.23. The molecule has 0 spiro atoms. The number of carbonyl (C=O) groups is 1. The molecule has 2 aromatic rings. The lowest BCUT2D eigenvalue weighted by atomic mass is 10.1. The molecule has 1 aromatic heterocycles. The number of amides is 1. The van der Waals surface area contributed by atoms with Gasteiger partial charge in [0.15, 0.2) is 0 Å². The summed E-state index contributed by atoms with van der Waals surface area (Å²) in [6.07, 6.45) is 1.60. The zero-order valence-electron chi connectivity index (χ0n) is 10.4. The third-order valence-corrected chi connectivity index (χ3v) is 2.71. The van der Waals surface area contributed by atoms with Crippen LogP contribution in [0.3, 0.4) is 0 Å². The maximum Gasteiger partial charge on any atom is 0.244 e. The lowest BCUT2D eigenvalue weighted by Gasteiger charge is -2.17. The molecule has 1 amide bonds. The molecule has 0 aliphatic heterocycles. The Morgan fingerprint density at radius 1 is 1.26 bits per heavy atom. The van der Waals surface area contributed by atoms with Crippen LogP contribution in [0.2, 0.25) is 0 Å². The van der Waals surface area contributed by atoms with Gasteiger partial charge in [0.05, 0.1) is 0 Å².